The Bertz CT molecular complexity index is 1240. The molecule has 0 saturated heterocycles. The lowest BCUT2D eigenvalue weighted by atomic mass is 9.90. The zero-order valence-corrected chi connectivity index (χ0v) is 18.6. The van der Waals surface area contributed by atoms with Crippen molar-refractivity contribution < 1.29 is 19.4 Å². The van der Waals surface area contributed by atoms with Crippen LogP contribution in [0.3, 0.4) is 0 Å². The SMILES string of the molecule is CC.CC(C)(CO)c1cccc(Cn2cc(-c3cc(N)nc4c(F)cccc34)nn2)[n+]1O. The van der Waals surface area contributed by atoms with Crippen molar-refractivity contribution in [1.29, 1.82) is 0 Å². The second kappa shape index (κ2) is 9.27. The molecule has 0 atom stereocenters. The summed E-state index contributed by atoms with van der Waals surface area (Å²) in [7, 11) is 0. The Morgan fingerprint density at radius 2 is 1.88 bits per heavy atom. The molecule has 9 heteroatoms. The molecule has 4 rings (SSSR count). The molecule has 0 saturated carbocycles. The van der Waals surface area contributed by atoms with E-state index in [0.717, 1.165) is 4.73 Å². The van der Waals surface area contributed by atoms with E-state index in [1.165, 1.54) is 6.07 Å². The highest BCUT2D eigenvalue weighted by Crippen LogP contribution is 2.29. The van der Waals surface area contributed by atoms with Gasteiger partial charge in [0.1, 0.15) is 29.4 Å². The van der Waals surface area contributed by atoms with Crippen molar-refractivity contribution in [3.63, 3.8) is 0 Å². The molecule has 0 aliphatic rings. The molecular weight excluding hydrogens is 411 g/mol. The van der Waals surface area contributed by atoms with Gasteiger partial charge in [-0.3, -0.25) is 5.21 Å². The van der Waals surface area contributed by atoms with Gasteiger partial charge in [-0.15, -0.1) is 5.10 Å². The van der Waals surface area contributed by atoms with Gasteiger partial charge in [0.15, 0.2) is 0 Å². The fraction of sp³-hybridized carbons (Fsp3) is 0.304. The van der Waals surface area contributed by atoms with Crippen molar-refractivity contribution in [2.24, 2.45) is 0 Å². The maximum atomic E-state index is 14.2. The predicted octanol–water partition coefficient (Wildman–Crippen LogP) is 3.08. The van der Waals surface area contributed by atoms with Crippen LogP contribution >= 0.6 is 0 Å². The molecule has 3 heterocycles. The summed E-state index contributed by atoms with van der Waals surface area (Å²) in [5.41, 5.74) is 7.69. The van der Waals surface area contributed by atoms with Crippen LogP contribution in [-0.4, -0.2) is 36.9 Å². The lowest BCUT2D eigenvalue weighted by molar-refractivity contribution is -0.916. The average Bonchev–Trinajstić information content (AvgIpc) is 3.25. The van der Waals surface area contributed by atoms with E-state index in [-0.39, 0.29) is 24.5 Å². The smallest absolute Gasteiger partial charge is 0.255 e. The topological polar surface area (TPSA) is 114 Å². The van der Waals surface area contributed by atoms with Crippen molar-refractivity contribution in [3.8, 4) is 11.3 Å². The van der Waals surface area contributed by atoms with Crippen LogP contribution in [0.25, 0.3) is 22.2 Å². The Balaban J connectivity index is 0.00000141. The van der Waals surface area contributed by atoms with Gasteiger partial charge < -0.3 is 10.8 Å². The van der Waals surface area contributed by atoms with Gasteiger partial charge in [0.2, 0.25) is 5.69 Å². The molecule has 0 bridgehead atoms. The summed E-state index contributed by atoms with van der Waals surface area (Å²) in [6.07, 6.45) is 1.70. The van der Waals surface area contributed by atoms with Gasteiger partial charge in [0, 0.05) is 27.8 Å². The van der Waals surface area contributed by atoms with E-state index in [0.29, 0.717) is 28.0 Å². The predicted molar refractivity (Wildman–Crippen MR) is 120 cm³/mol. The number of halogens is 1. The van der Waals surface area contributed by atoms with Gasteiger partial charge >= 0.3 is 0 Å². The van der Waals surface area contributed by atoms with E-state index < -0.39 is 11.2 Å². The molecule has 0 aliphatic heterocycles. The molecule has 1 aromatic carbocycles. The van der Waals surface area contributed by atoms with Crippen molar-refractivity contribution in [3.05, 3.63) is 65.9 Å². The Labute approximate surface area is 185 Å². The van der Waals surface area contributed by atoms with Gasteiger partial charge in [-0.25, -0.2) is 14.1 Å². The molecule has 4 aromatic rings. The second-order valence-corrected chi connectivity index (χ2v) is 7.79. The maximum absolute atomic E-state index is 14.2. The highest BCUT2D eigenvalue weighted by atomic mass is 19.1. The largest absolute Gasteiger partial charge is 0.395 e. The summed E-state index contributed by atoms with van der Waals surface area (Å²) in [5, 5.41) is 29.2. The number of hydrogen-bond donors (Lipinski definition) is 3. The first-order chi connectivity index (χ1) is 15.3. The van der Waals surface area contributed by atoms with Crippen LogP contribution in [0, 0.1) is 5.82 Å². The third-order valence-electron chi connectivity index (χ3n) is 5.08. The molecule has 4 N–H and O–H groups in total. The molecule has 32 heavy (non-hydrogen) atoms. The van der Waals surface area contributed by atoms with Gasteiger partial charge in [-0.2, -0.15) is 0 Å². The summed E-state index contributed by atoms with van der Waals surface area (Å²) in [5.74, 6) is -0.276. The van der Waals surface area contributed by atoms with Crippen LogP contribution in [0.1, 0.15) is 39.1 Å². The summed E-state index contributed by atoms with van der Waals surface area (Å²) < 4.78 is 16.8. The van der Waals surface area contributed by atoms with Gasteiger partial charge in [0.25, 0.3) is 5.69 Å². The summed E-state index contributed by atoms with van der Waals surface area (Å²) in [4.78, 5) is 4.08. The van der Waals surface area contributed by atoms with Gasteiger partial charge in [-0.05, 0) is 32.0 Å². The fourth-order valence-corrected chi connectivity index (χ4v) is 3.37. The molecule has 0 spiro atoms. The van der Waals surface area contributed by atoms with Crippen LogP contribution in [-0.2, 0) is 12.0 Å². The van der Waals surface area contributed by atoms with E-state index in [9.17, 15) is 14.7 Å². The molecular formula is C23H28FN6O2+. The monoisotopic (exact) mass is 439 g/mol. The summed E-state index contributed by atoms with van der Waals surface area (Å²) >= 11 is 0. The number of nitrogen functional groups attached to an aromatic ring is 1. The molecule has 0 radical (unpaired) electrons. The van der Waals surface area contributed by atoms with E-state index >= 15 is 0 Å². The first-order valence-electron chi connectivity index (χ1n) is 10.4. The lowest BCUT2D eigenvalue weighted by Crippen LogP contribution is -2.46. The van der Waals surface area contributed by atoms with Crippen LogP contribution in [0.2, 0.25) is 0 Å². The number of aliphatic hydroxyl groups is 1. The van der Waals surface area contributed by atoms with Crippen molar-refractivity contribution in [1.82, 2.24) is 20.0 Å². The van der Waals surface area contributed by atoms with E-state index in [2.05, 4.69) is 15.3 Å². The van der Waals surface area contributed by atoms with E-state index in [1.54, 1.807) is 41.2 Å². The summed E-state index contributed by atoms with van der Waals surface area (Å²) in [6.45, 7) is 7.80. The standard InChI is InChI=1S/C21H22FN6O2.C2H6/c1-21(2,12-29)18-8-3-5-13(28(18)30)10-27-11-17(25-26-27)15-9-19(23)24-20-14(15)6-4-7-16(20)22;1-2/h3-9,11,29-30H,10,12H2,1-2H3,(H2,23,24);1-2H3/q+1;. The number of anilines is 1. The maximum Gasteiger partial charge on any atom is 0.255 e. The number of pyridine rings is 2. The first kappa shape index (κ1) is 23.1. The van der Waals surface area contributed by atoms with E-state index in [1.807, 2.05) is 33.8 Å². The second-order valence-electron chi connectivity index (χ2n) is 7.79. The number of hydrogen-bond acceptors (Lipinski definition) is 6. The molecule has 0 fully saturated rings. The Hall–Kier alpha value is -3.59. The summed E-state index contributed by atoms with van der Waals surface area (Å²) in [6, 6.07) is 11.6. The number of nitrogens with zero attached hydrogens (tertiary/aromatic N) is 5. The number of rotatable bonds is 5. The molecule has 0 unspecified atom stereocenters. The molecule has 0 aliphatic carbocycles. The van der Waals surface area contributed by atoms with Crippen molar-refractivity contribution in [2.45, 2.75) is 39.7 Å². The van der Waals surface area contributed by atoms with Gasteiger partial charge in [0.05, 0.1) is 18.2 Å². The minimum Gasteiger partial charge on any atom is -0.395 e. The van der Waals surface area contributed by atoms with E-state index in [4.69, 9.17) is 5.73 Å². The number of nitrogens with two attached hydrogens (primary N) is 1. The quantitative estimate of drug-likeness (QED) is 0.325. The molecule has 168 valence electrons. The Kier molecular flexibility index (Phi) is 6.69. The fourth-order valence-electron chi connectivity index (χ4n) is 3.37. The molecule has 0 amide bonds. The number of para-hydroxylation sites is 1. The van der Waals surface area contributed by atoms with Crippen LogP contribution < -0.4 is 10.5 Å². The Morgan fingerprint density at radius 1 is 1.16 bits per heavy atom. The normalized spacial score (nSPS) is 11.3. The van der Waals surface area contributed by atoms with Crippen molar-refractivity contribution in [2.75, 3.05) is 12.3 Å². The number of aromatic nitrogens is 5. The third-order valence-corrected chi connectivity index (χ3v) is 5.08. The molecule has 3 aromatic heterocycles. The van der Waals surface area contributed by atoms with Crippen LogP contribution in [0.4, 0.5) is 10.2 Å². The lowest BCUT2D eigenvalue weighted by Gasteiger charge is -2.17. The van der Waals surface area contributed by atoms with Crippen LogP contribution in [0.15, 0.2) is 48.7 Å². The van der Waals surface area contributed by atoms with Crippen molar-refractivity contribution >= 4 is 16.7 Å². The van der Waals surface area contributed by atoms with Gasteiger partial charge in [-0.1, -0.05) is 31.2 Å². The number of aliphatic hydroxyl groups excluding tert-OH is 1. The Morgan fingerprint density at radius 3 is 2.59 bits per heavy atom. The zero-order valence-electron chi connectivity index (χ0n) is 18.6. The highest BCUT2D eigenvalue weighted by molar-refractivity contribution is 5.95. The average molecular weight is 440 g/mol. The molecule has 8 nitrogen and oxygen atoms in total. The number of benzene rings is 1. The number of fused-ring (bicyclic) bond motifs is 1. The minimum atomic E-state index is -0.615. The zero-order chi connectivity index (χ0) is 23.5. The minimum absolute atomic E-state index is 0.114. The highest BCUT2D eigenvalue weighted by Gasteiger charge is 2.32. The third kappa shape index (κ3) is 4.38. The first-order valence-corrected chi connectivity index (χ1v) is 10.4. The van der Waals surface area contributed by atoms with Crippen LogP contribution in [0.5, 0.6) is 0 Å².